The highest BCUT2D eigenvalue weighted by molar-refractivity contribution is 5.13. The lowest BCUT2D eigenvalue weighted by Crippen LogP contribution is -2.34. The first-order chi connectivity index (χ1) is 10.3. The molecule has 1 saturated heterocycles. The monoisotopic (exact) mass is 293 g/mol. The summed E-state index contributed by atoms with van der Waals surface area (Å²) < 4.78 is 16.2. The van der Waals surface area contributed by atoms with Crippen LogP contribution in [0.5, 0.6) is 0 Å². The second-order valence-corrected chi connectivity index (χ2v) is 4.86. The number of methoxy groups -OCH3 is 1. The minimum Gasteiger partial charge on any atom is -0.390 e. The van der Waals surface area contributed by atoms with Gasteiger partial charge in [-0.2, -0.15) is 0 Å². The lowest BCUT2D eigenvalue weighted by Gasteiger charge is -2.15. The van der Waals surface area contributed by atoms with Gasteiger partial charge >= 0.3 is 0 Å². The van der Waals surface area contributed by atoms with Crippen molar-refractivity contribution >= 4 is 0 Å². The molecule has 1 heterocycles. The van der Waals surface area contributed by atoms with Gasteiger partial charge in [-0.15, -0.1) is 0 Å². The van der Waals surface area contributed by atoms with Crippen molar-refractivity contribution in [2.24, 2.45) is 5.11 Å². The van der Waals surface area contributed by atoms with Crippen LogP contribution < -0.4 is 0 Å². The first-order valence-electron chi connectivity index (χ1n) is 6.74. The molecule has 7 heteroatoms. The minimum absolute atomic E-state index is 0.230. The van der Waals surface area contributed by atoms with Gasteiger partial charge in [-0.1, -0.05) is 35.4 Å². The van der Waals surface area contributed by atoms with E-state index < -0.39 is 24.4 Å². The number of hydrogen-bond acceptors (Lipinski definition) is 5. The highest BCUT2D eigenvalue weighted by Gasteiger charge is 2.43. The second kappa shape index (κ2) is 7.97. The smallest absolute Gasteiger partial charge is 0.108 e. The maximum Gasteiger partial charge on any atom is 0.108 e. The van der Waals surface area contributed by atoms with Gasteiger partial charge in [0.1, 0.15) is 6.10 Å². The summed E-state index contributed by atoms with van der Waals surface area (Å²) in [5.41, 5.74) is 9.61. The summed E-state index contributed by atoms with van der Waals surface area (Å²) in [5, 5.41) is 13.7. The van der Waals surface area contributed by atoms with Crippen molar-refractivity contribution < 1.29 is 19.3 Å². The third kappa shape index (κ3) is 4.17. The molecule has 0 radical (unpaired) electrons. The van der Waals surface area contributed by atoms with Crippen LogP contribution in [0.25, 0.3) is 10.4 Å². The molecule has 1 aliphatic rings. The molecule has 2 rings (SSSR count). The fourth-order valence-electron chi connectivity index (χ4n) is 2.33. The van der Waals surface area contributed by atoms with Gasteiger partial charge in [-0.05, 0) is 11.1 Å². The molecular weight excluding hydrogens is 274 g/mol. The van der Waals surface area contributed by atoms with E-state index in [9.17, 15) is 5.11 Å². The number of ether oxygens (including phenoxy) is 3. The van der Waals surface area contributed by atoms with Crippen molar-refractivity contribution in [3.8, 4) is 0 Å². The van der Waals surface area contributed by atoms with E-state index in [0.717, 1.165) is 5.56 Å². The number of benzene rings is 1. The second-order valence-electron chi connectivity index (χ2n) is 4.86. The molecule has 1 aliphatic heterocycles. The molecule has 1 fully saturated rings. The Morgan fingerprint density at radius 1 is 1.29 bits per heavy atom. The number of aliphatic hydroxyl groups is 1. The Bertz CT molecular complexity index is 478. The largest absolute Gasteiger partial charge is 0.390 e. The van der Waals surface area contributed by atoms with Crippen molar-refractivity contribution in [1.82, 2.24) is 0 Å². The molecule has 0 unspecified atom stereocenters. The van der Waals surface area contributed by atoms with Crippen LogP contribution in [0.1, 0.15) is 5.56 Å². The van der Waals surface area contributed by atoms with Crippen molar-refractivity contribution in [2.75, 3.05) is 20.3 Å². The Kier molecular flexibility index (Phi) is 5.98. The number of aliphatic hydroxyl groups excluding tert-OH is 1. The van der Waals surface area contributed by atoms with E-state index in [1.807, 2.05) is 30.3 Å². The Balaban J connectivity index is 1.87. The van der Waals surface area contributed by atoms with E-state index >= 15 is 0 Å². The number of azide groups is 1. The molecule has 0 aromatic heterocycles. The summed E-state index contributed by atoms with van der Waals surface area (Å²) in [6.07, 6.45) is -1.87. The number of rotatable bonds is 7. The molecule has 4 atom stereocenters. The van der Waals surface area contributed by atoms with Gasteiger partial charge in [0, 0.05) is 12.0 Å². The van der Waals surface area contributed by atoms with Crippen molar-refractivity contribution in [3.63, 3.8) is 0 Å². The molecule has 114 valence electrons. The topological polar surface area (TPSA) is 96.7 Å². The van der Waals surface area contributed by atoms with Crippen LogP contribution in [-0.2, 0) is 20.8 Å². The summed E-state index contributed by atoms with van der Waals surface area (Å²) in [6, 6.07) is 9.08. The Morgan fingerprint density at radius 2 is 2.05 bits per heavy atom. The van der Waals surface area contributed by atoms with Gasteiger partial charge in [0.2, 0.25) is 0 Å². The van der Waals surface area contributed by atoms with E-state index in [-0.39, 0.29) is 13.2 Å². The summed E-state index contributed by atoms with van der Waals surface area (Å²) >= 11 is 0. The van der Waals surface area contributed by atoms with Crippen LogP contribution in [0, 0.1) is 0 Å². The third-order valence-corrected chi connectivity index (χ3v) is 3.37. The summed E-state index contributed by atoms with van der Waals surface area (Å²) in [7, 11) is 1.53. The lowest BCUT2D eigenvalue weighted by atomic mass is 10.1. The third-order valence-electron chi connectivity index (χ3n) is 3.37. The molecule has 0 amide bonds. The molecule has 0 saturated carbocycles. The fraction of sp³-hybridized carbons (Fsp3) is 0.571. The zero-order valence-electron chi connectivity index (χ0n) is 11.8. The SMILES string of the molecule is COC[C@H]1O[C@H](COCc2ccccc2)[C@@H](O)[C@H]1N=[N+]=[N-]. The molecular formula is C14H19N3O4. The molecule has 0 bridgehead atoms. The fourth-order valence-corrected chi connectivity index (χ4v) is 2.33. The zero-order chi connectivity index (χ0) is 15.1. The predicted octanol–water partition coefficient (Wildman–Crippen LogP) is 1.66. The molecule has 7 nitrogen and oxygen atoms in total. The standard InChI is InChI=1S/C14H19N3O4/c1-19-8-11-13(16-17-15)14(18)12(21-11)9-20-7-10-5-3-2-4-6-10/h2-6,11-14,18H,7-9H2,1H3/t11-,12-,13+,14-/m1/s1. The van der Waals surface area contributed by atoms with Crippen molar-refractivity contribution in [2.45, 2.75) is 31.0 Å². The number of nitrogens with zero attached hydrogens (tertiary/aromatic N) is 3. The van der Waals surface area contributed by atoms with Gasteiger partial charge in [-0.3, -0.25) is 0 Å². The predicted molar refractivity (Wildman–Crippen MR) is 75.6 cm³/mol. The van der Waals surface area contributed by atoms with Crippen molar-refractivity contribution in [1.29, 1.82) is 0 Å². The van der Waals surface area contributed by atoms with E-state index in [2.05, 4.69) is 10.0 Å². The van der Waals surface area contributed by atoms with Crippen LogP contribution in [0.2, 0.25) is 0 Å². The molecule has 1 aromatic carbocycles. The Morgan fingerprint density at radius 3 is 2.71 bits per heavy atom. The van der Waals surface area contributed by atoms with E-state index in [1.165, 1.54) is 7.11 Å². The highest BCUT2D eigenvalue weighted by atomic mass is 16.6. The average Bonchev–Trinajstić information content (AvgIpc) is 2.78. The van der Waals surface area contributed by atoms with Gasteiger partial charge in [-0.25, -0.2) is 0 Å². The summed E-state index contributed by atoms with van der Waals surface area (Å²) in [5.74, 6) is 0. The maximum atomic E-state index is 10.1. The highest BCUT2D eigenvalue weighted by Crippen LogP contribution is 2.25. The molecule has 1 N–H and O–H groups in total. The zero-order valence-corrected chi connectivity index (χ0v) is 11.8. The quantitative estimate of drug-likeness (QED) is 0.469. The first-order valence-corrected chi connectivity index (χ1v) is 6.74. The molecule has 0 aliphatic carbocycles. The summed E-state index contributed by atoms with van der Waals surface area (Å²) in [4.78, 5) is 2.75. The van der Waals surface area contributed by atoms with Crippen LogP contribution in [0.4, 0.5) is 0 Å². The summed E-state index contributed by atoms with van der Waals surface area (Å²) in [6.45, 7) is 0.929. The Labute approximate surface area is 123 Å². The van der Waals surface area contributed by atoms with Crippen LogP contribution in [0.15, 0.2) is 35.4 Å². The van der Waals surface area contributed by atoms with Gasteiger partial charge in [0.25, 0.3) is 0 Å². The van der Waals surface area contributed by atoms with E-state index in [1.54, 1.807) is 0 Å². The van der Waals surface area contributed by atoms with Gasteiger partial charge < -0.3 is 19.3 Å². The van der Waals surface area contributed by atoms with E-state index in [0.29, 0.717) is 6.61 Å². The maximum absolute atomic E-state index is 10.1. The Hall–Kier alpha value is -1.63. The first kappa shape index (κ1) is 15.8. The lowest BCUT2D eigenvalue weighted by molar-refractivity contribution is -0.0618. The van der Waals surface area contributed by atoms with Gasteiger partial charge in [0.15, 0.2) is 0 Å². The molecule has 1 aromatic rings. The normalized spacial score (nSPS) is 28.3. The average molecular weight is 293 g/mol. The van der Waals surface area contributed by atoms with Gasteiger partial charge in [0.05, 0.1) is 38.1 Å². The van der Waals surface area contributed by atoms with E-state index in [4.69, 9.17) is 19.7 Å². The van der Waals surface area contributed by atoms with Crippen LogP contribution in [-0.4, -0.2) is 49.8 Å². The minimum atomic E-state index is -0.892. The molecule has 21 heavy (non-hydrogen) atoms. The number of hydrogen-bond donors (Lipinski definition) is 1. The van der Waals surface area contributed by atoms with Crippen LogP contribution in [0.3, 0.4) is 0 Å². The molecule has 0 spiro atoms. The van der Waals surface area contributed by atoms with Crippen LogP contribution >= 0.6 is 0 Å². The van der Waals surface area contributed by atoms with Crippen molar-refractivity contribution in [3.05, 3.63) is 46.3 Å².